The van der Waals surface area contributed by atoms with Gasteiger partial charge in [-0.05, 0) is 36.4 Å². The second-order valence-electron chi connectivity index (χ2n) is 5.51. The molecule has 0 radical (unpaired) electrons. The van der Waals surface area contributed by atoms with Gasteiger partial charge >= 0.3 is 0 Å². The van der Waals surface area contributed by atoms with Gasteiger partial charge in [-0.25, -0.2) is 0 Å². The van der Waals surface area contributed by atoms with Gasteiger partial charge in [-0.15, -0.1) is 10.2 Å². The van der Waals surface area contributed by atoms with Crippen LogP contribution in [0.25, 0.3) is 28.3 Å². The van der Waals surface area contributed by atoms with Crippen LogP contribution in [-0.4, -0.2) is 30.7 Å². The van der Waals surface area contributed by atoms with Crippen molar-refractivity contribution in [3.8, 4) is 22.6 Å². The molecule has 122 valence electrons. The number of nitrogens with zero attached hydrogens (tertiary/aromatic N) is 5. The van der Waals surface area contributed by atoms with Gasteiger partial charge in [0.05, 0.1) is 5.69 Å². The summed E-state index contributed by atoms with van der Waals surface area (Å²) in [5.41, 5.74) is 3.98. The third-order valence-electron chi connectivity index (χ3n) is 3.68. The van der Waals surface area contributed by atoms with E-state index in [1.54, 1.807) is 16.9 Å². The molecule has 0 aliphatic carbocycles. The van der Waals surface area contributed by atoms with Crippen LogP contribution in [0, 0.1) is 0 Å². The van der Waals surface area contributed by atoms with E-state index in [4.69, 9.17) is 0 Å². The third-order valence-corrected chi connectivity index (χ3v) is 3.68. The molecule has 0 aliphatic heterocycles. The highest BCUT2D eigenvalue weighted by Gasteiger charge is 2.10. The second-order valence-corrected chi connectivity index (χ2v) is 5.51. The molecule has 3 heterocycles. The van der Waals surface area contributed by atoms with Crippen LogP contribution in [0.15, 0.2) is 60.9 Å². The number of benzene rings is 1. The van der Waals surface area contributed by atoms with Crippen LogP contribution in [0.2, 0.25) is 0 Å². The molecule has 3 aromatic heterocycles. The molecule has 0 spiro atoms. The summed E-state index contributed by atoms with van der Waals surface area (Å²) >= 11 is 0. The molecular formula is C18H14N6O. The highest BCUT2D eigenvalue weighted by atomic mass is 16.1. The molecule has 4 rings (SSSR count). The van der Waals surface area contributed by atoms with Crippen molar-refractivity contribution in [2.75, 3.05) is 5.32 Å². The first-order valence-corrected chi connectivity index (χ1v) is 7.71. The fourth-order valence-electron chi connectivity index (χ4n) is 2.55. The minimum Gasteiger partial charge on any atom is -0.326 e. The largest absolute Gasteiger partial charge is 0.326 e. The SMILES string of the molecule is CC(=O)Nc1ccc(-c2ccc3nnc(-c4cccnc4)n3n2)cc1. The minimum atomic E-state index is -0.0992. The van der Waals surface area contributed by atoms with Crippen LogP contribution in [0.4, 0.5) is 5.69 Å². The molecule has 1 N–H and O–H groups in total. The number of nitrogens with one attached hydrogen (secondary N) is 1. The number of hydrogen-bond acceptors (Lipinski definition) is 5. The molecule has 0 atom stereocenters. The molecule has 25 heavy (non-hydrogen) atoms. The molecule has 0 saturated heterocycles. The van der Waals surface area contributed by atoms with Crippen LogP contribution in [0.3, 0.4) is 0 Å². The summed E-state index contributed by atoms with van der Waals surface area (Å²) in [6.45, 7) is 1.48. The minimum absolute atomic E-state index is 0.0992. The van der Waals surface area contributed by atoms with Crippen molar-refractivity contribution < 1.29 is 4.79 Å². The van der Waals surface area contributed by atoms with Crippen molar-refractivity contribution in [3.63, 3.8) is 0 Å². The Morgan fingerprint density at radius 2 is 1.84 bits per heavy atom. The van der Waals surface area contributed by atoms with E-state index in [0.29, 0.717) is 11.5 Å². The summed E-state index contributed by atoms with van der Waals surface area (Å²) in [7, 11) is 0. The average molecular weight is 330 g/mol. The molecule has 4 aromatic rings. The van der Waals surface area contributed by atoms with Crippen molar-refractivity contribution in [2.24, 2.45) is 0 Å². The highest BCUT2D eigenvalue weighted by Crippen LogP contribution is 2.22. The van der Waals surface area contributed by atoms with E-state index in [0.717, 1.165) is 22.5 Å². The molecule has 0 fully saturated rings. The maximum Gasteiger partial charge on any atom is 0.221 e. The highest BCUT2D eigenvalue weighted by molar-refractivity contribution is 5.88. The molecule has 7 nitrogen and oxygen atoms in total. The smallest absolute Gasteiger partial charge is 0.221 e. The summed E-state index contributed by atoms with van der Waals surface area (Å²) in [6, 6.07) is 15.0. The van der Waals surface area contributed by atoms with E-state index in [-0.39, 0.29) is 5.91 Å². The van der Waals surface area contributed by atoms with Gasteiger partial charge < -0.3 is 5.32 Å². The second kappa shape index (κ2) is 6.12. The first-order chi connectivity index (χ1) is 12.2. The molecule has 0 unspecified atom stereocenters. The molecule has 0 saturated carbocycles. The number of pyridine rings is 1. The van der Waals surface area contributed by atoms with Crippen molar-refractivity contribution in [2.45, 2.75) is 6.92 Å². The Labute approximate surface area is 143 Å². The fraction of sp³-hybridized carbons (Fsp3) is 0.0556. The van der Waals surface area contributed by atoms with Gasteiger partial charge in [-0.2, -0.15) is 9.61 Å². The standard InChI is InChI=1S/C18H14N6O/c1-12(25)20-15-6-4-13(5-7-15)16-8-9-17-21-22-18(24(17)23-16)14-3-2-10-19-11-14/h2-11H,1H3,(H,20,25). The molecule has 0 bridgehead atoms. The zero-order valence-electron chi connectivity index (χ0n) is 13.4. The van der Waals surface area contributed by atoms with E-state index in [1.807, 2.05) is 48.5 Å². The van der Waals surface area contributed by atoms with Crippen LogP contribution >= 0.6 is 0 Å². The summed E-state index contributed by atoms with van der Waals surface area (Å²) in [4.78, 5) is 15.2. The van der Waals surface area contributed by atoms with Crippen LogP contribution in [-0.2, 0) is 4.79 Å². The van der Waals surface area contributed by atoms with Gasteiger partial charge in [-0.3, -0.25) is 9.78 Å². The van der Waals surface area contributed by atoms with Crippen LogP contribution < -0.4 is 5.32 Å². The van der Waals surface area contributed by atoms with Crippen molar-refractivity contribution >= 4 is 17.2 Å². The number of aromatic nitrogens is 5. The quantitative estimate of drug-likeness (QED) is 0.624. The van der Waals surface area contributed by atoms with Crippen LogP contribution in [0.5, 0.6) is 0 Å². The predicted molar refractivity (Wildman–Crippen MR) is 93.8 cm³/mol. The zero-order valence-corrected chi connectivity index (χ0v) is 13.4. The number of anilines is 1. The zero-order chi connectivity index (χ0) is 17.2. The molecule has 0 aliphatic rings. The molecular weight excluding hydrogens is 316 g/mol. The summed E-state index contributed by atoms with van der Waals surface area (Å²) in [6.07, 6.45) is 3.44. The number of amides is 1. The van der Waals surface area contributed by atoms with E-state index < -0.39 is 0 Å². The summed E-state index contributed by atoms with van der Waals surface area (Å²) < 4.78 is 1.70. The Morgan fingerprint density at radius 3 is 2.56 bits per heavy atom. The monoisotopic (exact) mass is 330 g/mol. The predicted octanol–water partition coefficient (Wildman–Crippen LogP) is 2.81. The Balaban J connectivity index is 1.75. The lowest BCUT2D eigenvalue weighted by molar-refractivity contribution is -0.114. The van der Waals surface area contributed by atoms with Gasteiger partial charge in [0.25, 0.3) is 0 Å². The lowest BCUT2D eigenvalue weighted by Crippen LogP contribution is -2.05. The lowest BCUT2D eigenvalue weighted by atomic mass is 10.1. The van der Waals surface area contributed by atoms with Gasteiger partial charge in [0.2, 0.25) is 5.91 Å². The van der Waals surface area contributed by atoms with E-state index >= 15 is 0 Å². The number of hydrogen-bond donors (Lipinski definition) is 1. The third kappa shape index (κ3) is 2.94. The topological polar surface area (TPSA) is 85.1 Å². The molecule has 1 amide bonds. The number of rotatable bonds is 3. The van der Waals surface area contributed by atoms with E-state index in [2.05, 4.69) is 25.6 Å². The normalized spacial score (nSPS) is 10.8. The number of fused-ring (bicyclic) bond motifs is 1. The maximum atomic E-state index is 11.1. The number of carbonyl (C=O) groups excluding carboxylic acids is 1. The number of carbonyl (C=O) groups is 1. The van der Waals surface area contributed by atoms with E-state index in [9.17, 15) is 4.79 Å². The Morgan fingerprint density at radius 1 is 1.00 bits per heavy atom. The van der Waals surface area contributed by atoms with E-state index in [1.165, 1.54) is 6.92 Å². The van der Waals surface area contributed by atoms with Crippen molar-refractivity contribution in [1.29, 1.82) is 0 Å². The summed E-state index contributed by atoms with van der Waals surface area (Å²) in [5, 5.41) is 15.8. The Hall–Kier alpha value is -3.61. The summed E-state index contributed by atoms with van der Waals surface area (Å²) in [5.74, 6) is 0.540. The van der Waals surface area contributed by atoms with Gasteiger partial charge in [-0.1, -0.05) is 12.1 Å². The van der Waals surface area contributed by atoms with Crippen LogP contribution in [0.1, 0.15) is 6.92 Å². The maximum absolute atomic E-state index is 11.1. The van der Waals surface area contributed by atoms with Gasteiger partial charge in [0, 0.05) is 36.1 Å². The fourth-order valence-corrected chi connectivity index (χ4v) is 2.55. The van der Waals surface area contributed by atoms with Gasteiger partial charge in [0.1, 0.15) is 0 Å². The van der Waals surface area contributed by atoms with Crippen molar-refractivity contribution in [3.05, 3.63) is 60.9 Å². The molecule has 1 aromatic carbocycles. The van der Waals surface area contributed by atoms with Gasteiger partial charge in [0.15, 0.2) is 11.5 Å². The van der Waals surface area contributed by atoms with Crippen molar-refractivity contribution in [1.82, 2.24) is 24.8 Å². The Bertz CT molecular complexity index is 1040. The lowest BCUT2D eigenvalue weighted by Gasteiger charge is -2.05. The first-order valence-electron chi connectivity index (χ1n) is 7.71. The first kappa shape index (κ1) is 14.9. The average Bonchev–Trinajstić information content (AvgIpc) is 3.06. The Kier molecular flexibility index (Phi) is 3.66. The molecule has 7 heteroatoms.